The van der Waals surface area contributed by atoms with Crippen molar-refractivity contribution in [1.82, 2.24) is 0 Å². The number of halogens is 2. The van der Waals surface area contributed by atoms with Gasteiger partial charge in [-0.3, -0.25) is 0 Å². The number of aromatic carboxylic acids is 1. The molecule has 2 rings (SSSR count). The number of thiophene rings is 1. The van der Waals surface area contributed by atoms with Crippen LogP contribution in [0.5, 0.6) is 0 Å². The Morgan fingerprint density at radius 2 is 1.94 bits per heavy atom. The van der Waals surface area contributed by atoms with Crippen LogP contribution in [0.15, 0.2) is 39.3 Å². The van der Waals surface area contributed by atoms with Crippen LogP contribution in [0.3, 0.4) is 0 Å². The fourth-order valence-electron chi connectivity index (χ4n) is 1.28. The smallest absolute Gasteiger partial charge is 0.345 e. The van der Waals surface area contributed by atoms with E-state index in [1.54, 1.807) is 6.07 Å². The zero-order valence-corrected chi connectivity index (χ0v) is 11.9. The van der Waals surface area contributed by atoms with Crippen LogP contribution in [-0.2, 0) is 0 Å². The van der Waals surface area contributed by atoms with E-state index in [9.17, 15) is 4.79 Å². The lowest BCUT2D eigenvalue weighted by Gasteiger charge is -2.01. The van der Waals surface area contributed by atoms with E-state index in [2.05, 4.69) is 31.9 Å². The highest BCUT2D eigenvalue weighted by atomic mass is 79.9. The van der Waals surface area contributed by atoms with Gasteiger partial charge < -0.3 is 5.11 Å². The standard InChI is InChI=1S/C11H6Br2O2S/c12-6-1-2-8(13)7(5-6)9-3-4-10(16-9)11(14)15/h1-5H,(H,14,15). The van der Waals surface area contributed by atoms with Gasteiger partial charge in [0.25, 0.3) is 0 Å². The van der Waals surface area contributed by atoms with Crippen LogP contribution in [0, 0.1) is 0 Å². The molecule has 5 heteroatoms. The fourth-order valence-corrected chi connectivity index (χ4v) is 3.11. The Balaban J connectivity index is 2.50. The van der Waals surface area contributed by atoms with Crippen LogP contribution >= 0.6 is 43.2 Å². The lowest BCUT2D eigenvalue weighted by molar-refractivity contribution is 0.0702. The van der Waals surface area contributed by atoms with Gasteiger partial charge in [-0.1, -0.05) is 31.9 Å². The molecule has 0 amide bonds. The van der Waals surface area contributed by atoms with E-state index in [-0.39, 0.29) is 0 Å². The topological polar surface area (TPSA) is 37.3 Å². The quantitative estimate of drug-likeness (QED) is 0.846. The number of rotatable bonds is 2. The highest BCUT2D eigenvalue weighted by Crippen LogP contribution is 2.35. The molecule has 0 aliphatic heterocycles. The van der Waals surface area contributed by atoms with Gasteiger partial charge in [-0.05, 0) is 30.3 Å². The normalized spacial score (nSPS) is 10.4. The predicted octanol–water partition coefficient (Wildman–Crippen LogP) is 4.64. The van der Waals surface area contributed by atoms with Crippen LogP contribution < -0.4 is 0 Å². The minimum Gasteiger partial charge on any atom is -0.477 e. The Hall–Kier alpha value is -0.650. The monoisotopic (exact) mass is 360 g/mol. The van der Waals surface area contributed by atoms with Gasteiger partial charge in [0, 0.05) is 19.4 Å². The molecule has 0 saturated carbocycles. The van der Waals surface area contributed by atoms with Gasteiger partial charge in [-0.15, -0.1) is 11.3 Å². The maximum atomic E-state index is 10.8. The molecule has 1 aromatic carbocycles. The summed E-state index contributed by atoms with van der Waals surface area (Å²) in [5.74, 6) is -0.887. The van der Waals surface area contributed by atoms with E-state index in [1.165, 1.54) is 11.3 Å². The summed E-state index contributed by atoms with van der Waals surface area (Å²) in [5, 5.41) is 8.86. The largest absolute Gasteiger partial charge is 0.477 e. The summed E-state index contributed by atoms with van der Waals surface area (Å²) in [5.41, 5.74) is 0.992. The van der Waals surface area contributed by atoms with E-state index >= 15 is 0 Å². The molecular formula is C11H6Br2O2S. The Morgan fingerprint density at radius 3 is 2.56 bits per heavy atom. The van der Waals surface area contributed by atoms with Crippen molar-refractivity contribution in [2.24, 2.45) is 0 Å². The Morgan fingerprint density at radius 1 is 1.19 bits per heavy atom. The predicted molar refractivity (Wildman–Crippen MR) is 72.1 cm³/mol. The maximum absolute atomic E-state index is 10.8. The summed E-state index contributed by atoms with van der Waals surface area (Å²) >= 11 is 8.12. The number of carboxylic acids is 1. The van der Waals surface area contributed by atoms with E-state index in [0.717, 1.165) is 19.4 Å². The molecule has 1 heterocycles. The minimum absolute atomic E-state index is 0.349. The highest BCUT2D eigenvalue weighted by molar-refractivity contribution is 9.11. The van der Waals surface area contributed by atoms with Crippen LogP contribution in [0.4, 0.5) is 0 Å². The van der Waals surface area contributed by atoms with Crippen molar-refractivity contribution in [3.05, 3.63) is 44.2 Å². The van der Waals surface area contributed by atoms with Crippen LogP contribution in [0.2, 0.25) is 0 Å². The molecule has 0 radical (unpaired) electrons. The molecule has 0 unspecified atom stereocenters. The third-order valence-electron chi connectivity index (χ3n) is 2.01. The first-order valence-electron chi connectivity index (χ1n) is 4.36. The zero-order valence-electron chi connectivity index (χ0n) is 7.91. The average molecular weight is 362 g/mol. The molecule has 0 atom stereocenters. The van der Waals surface area contributed by atoms with E-state index in [0.29, 0.717) is 4.88 Å². The molecule has 0 bridgehead atoms. The molecule has 16 heavy (non-hydrogen) atoms. The van der Waals surface area contributed by atoms with Crippen LogP contribution in [0.1, 0.15) is 9.67 Å². The van der Waals surface area contributed by atoms with Crippen molar-refractivity contribution in [3.63, 3.8) is 0 Å². The zero-order chi connectivity index (χ0) is 11.7. The van der Waals surface area contributed by atoms with Crippen molar-refractivity contribution in [1.29, 1.82) is 0 Å². The van der Waals surface area contributed by atoms with Gasteiger partial charge in [0.1, 0.15) is 4.88 Å². The summed E-state index contributed by atoms with van der Waals surface area (Å²) in [6.07, 6.45) is 0. The summed E-state index contributed by atoms with van der Waals surface area (Å²) in [4.78, 5) is 12.1. The molecule has 0 saturated heterocycles. The first kappa shape index (κ1) is 11.8. The van der Waals surface area contributed by atoms with Gasteiger partial charge in [0.2, 0.25) is 0 Å². The van der Waals surface area contributed by atoms with Crippen molar-refractivity contribution in [2.45, 2.75) is 0 Å². The highest BCUT2D eigenvalue weighted by Gasteiger charge is 2.10. The van der Waals surface area contributed by atoms with E-state index in [1.807, 2.05) is 24.3 Å². The van der Waals surface area contributed by atoms with E-state index in [4.69, 9.17) is 5.11 Å². The second-order valence-electron chi connectivity index (χ2n) is 3.09. The van der Waals surface area contributed by atoms with Gasteiger partial charge in [-0.25, -0.2) is 4.79 Å². The Labute approximate surface area is 113 Å². The molecule has 0 aliphatic rings. The van der Waals surface area contributed by atoms with Gasteiger partial charge in [0.05, 0.1) is 0 Å². The summed E-state index contributed by atoms with van der Waals surface area (Å²) < 4.78 is 1.92. The maximum Gasteiger partial charge on any atom is 0.345 e. The van der Waals surface area contributed by atoms with E-state index < -0.39 is 5.97 Å². The molecule has 82 valence electrons. The summed E-state index contributed by atoms with van der Waals surface area (Å²) in [7, 11) is 0. The molecule has 0 fully saturated rings. The molecule has 2 nitrogen and oxygen atoms in total. The molecule has 1 N–H and O–H groups in total. The average Bonchev–Trinajstić information content (AvgIpc) is 2.70. The number of hydrogen-bond acceptors (Lipinski definition) is 2. The first-order chi connectivity index (χ1) is 7.58. The SMILES string of the molecule is O=C(O)c1ccc(-c2cc(Br)ccc2Br)s1. The number of carboxylic acid groups (broad SMARTS) is 1. The third-order valence-corrected chi connectivity index (χ3v) is 4.30. The first-order valence-corrected chi connectivity index (χ1v) is 6.77. The number of benzene rings is 1. The van der Waals surface area contributed by atoms with Crippen LogP contribution in [0.25, 0.3) is 10.4 Å². The van der Waals surface area contributed by atoms with Gasteiger partial charge in [0.15, 0.2) is 0 Å². The summed E-state index contributed by atoms with van der Waals surface area (Å²) in [6, 6.07) is 9.26. The van der Waals surface area contributed by atoms with Gasteiger partial charge >= 0.3 is 5.97 Å². The molecule has 0 aliphatic carbocycles. The molecule has 0 spiro atoms. The van der Waals surface area contributed by atoms with Crippen molar-refractivity contribution < 1.29 is 9.90 Å². The van der Waals surface area contributed by atoms with Gasteiger partial charge in [-0.2, -0.15) is 0 Å². The van der Waals surface area contributed by atoms with Crippen molar-refractivity contribution >= 4 is 49.2 Å². The van der Waals surface area contributed by atoms with Crippen LogP contribution in [-0.4, -0.2) is 11.1 Å². The Bertz CT molecular complexity index is 549. The second kappa shape index (κ2) is 4.69. The number of carbonyl (C=O) groups is 1. The molecular weight excluding hydrogens is 356 g/mol. The number of hydrogen-bond donors (Lipinski definition) is 1. The lowest BCUT2D eigenvalue weighted by atomic mass is 10.2. The molecule has 2 aromatic rings. The van der Waals surface area contributed by atoms with Crippen molar-refractivity contribution in [3.8, 4) is 10.4 Å². The second-order valence-corrected chi connectivity index (χ2v) is 5.95. The Kier molecular flexibility index (Phi) is 3.47. The van der Waals surface area contributed by atoms with Crippen molar-refractivity contribution in [2.75, 3.05) is 0 Å². The minimum atomic E-state index is -0.887. The molecule has 1 aromatic heterocycles. The fraction of sp³-hybridized carbons (Fsp3) is 0. The third kappa shape index (κ3) is 2.36. The lowest BCUT2D eigenvalue weighted by Crippen LogP contribution is -1.89. The summed E-state index contributed by atoms with van der Waals surface area (Å²) in [6.45, 7) is 0.